The molecule has 0 fully saturated rings. The molecule has 0 saturated carbocycles. The van der Waals surface area contributed by atoms with Gasteiger partial charge in [-0.15, -0.1) is 0 Å². The predicted octanol–water partition coefficient (Wildman–Crippen LogP) is 3.24. The third-order valence-corrected chi connectivity index (χ3v) is 6.19. The van der Waals surface area contributed by atoms with Crippen LogP contribution >= 0.6 is 7.60 Å². The summed E-state index contributed by atoms with van der Waals surface area (Å²) >= 11 is 0. The van der Waals surface area contributed by atoms with E-state index in [1.807, 2.05) is 30.3 Å². The van der Waals surface area contributed by atoms with Crippen molar-refractivity contribution in [3.63, 3.8) is 0 Å². The molecule has 0 aliphatic heterocycles. The summed E-state index contributed by atoms with van der Waals surface area (Å²) in [5.41, 5.74) is 0.846. The number of carbonyl (C=O) groups excluding carboxylic acids is 2. The second-order valence-corrected chi connectivity index (χ2v) is 8.36. The first kappa shape index (κ1) is 23.8. The van der Waals surface area contributed by atoms with Crippen molar-refractivity contribution in [2.75, 3.05) is 19.8 Å². The normalized spacial score (nSPS) is 13.8. The Morgan fingerprint density at radius 1 is 0.967 bits per heavy atom. The number of hydrogen-bond donors (Lipinski definition) is 1. The van der Waals surface area contributed by atoms with E-state index in [1.165, 1.54) is 0 Å². The van der Waals surface area contributed by atoms with Crippen molar-refractivity contribution in [2.24, 2.45) is 0 Å². The Labute approximate surface area is 177 Å². The van der Waals surface area contributed by atoms with Crippen LogP contribution in [0.15, 0.2) is 60.7 Å². The highest BCUT2D eigenvalue weighted by Gasteiger charge is 2.34. The summed E-state index contributed by atoms with van der Waals surface area (Å²) in [4.78, 5) is 24.4. The molecular weight excluding hydrogens is 405 g/mol. The molecule has 2 aromatic carbocycles. The molecule has 0 aromatic heterocycles. The quantitative estimate of drug-likeness (QED) is 0.408. The molecule has 7 nitrogen and oxygen atoms in total. The SMILES string of the molecule is CCOC(=O)CCNC(=O)[C@H](Cc1ccccc1)OP(=O)(OCC)c1ccccc1. The van der Waals surface area contributed by atoms with Gasteiger partial charge in [-0.3, -0.25) is 18.7 Å². The monoisotopic (exact) mass is 433 g/mol. The highest BCUT2D eigenvalue weighted by Crippen LogP contribution is 2.48. The number of ether oxygens (including phenoxy) is 1. The summed E-state index contributed by atoms with van der Waals surface area (Å²) in [6.07, 6.45) is -0.817. The first-order chi connectivity index (χ1) is 14.5. The molecule has 2 aromatic rings. The lowest BCUT2D eigenvalue weighted by Gasteiger charge is -2.24. The molecule has 0 saturated heterocycles. The predicted molar refractivity (Wildman–Crippen MR) is 115 cm³/mol. The van der Waals surface area contributed by atoms with Gasteiger partial charge in [0.15, 0.2) is 0 Å². The molecule has 162 valence electrons. The van der Waals surface area contributed by atoms with Gasteiger partial charge in [0.05, 0.1) is 24.9 Å². The van der Waals surface area contributed by atoms with E-state index in [-0.39, 0.29) is 32.6 Å². The van der Waals surface area contributed by atoms with E-state index in [4.69, 9.17) is 13.8 Å². The van der Waals surface area contributed by atoms with Gasteiger partial charge in [-0.1, -0.05) is 48.5 Å². The van der Waals surface area contributed by atoms with Gasteiger partial charge in [0.25, 0.3) is 0 Å². The fourth-order valence-electron chi connectivity index (χ4n) is 2.75. The van der Waals surface area contributed by atoms with Crippen LogP contribution in [0.25, 0.3) is 0 Å². The number of nitrogens with one attached hydrogen (secondary N) is 1. The molecule has 2 rings (SSSR count). The van der Waals surface area contributed by atoms with Crippen molar-refractivity contribution < 1.29 is 27.9 Å². The second kappa shape index (κ2) is 12.3. The van der Waals surface area contributed by atoms with Crippen LogP contribution in [-0.2, 0) is 34.4 Å². The van der Waals surface area contributed by atoms with Crippen LogP contribution in [0.5, 0.6) is 0 Å². The van der Waals surface area contributed by atoms with Gasteiger partial charge in [0, 0.05) is 13.0 Å². The van der Waals surface area contributed by atoms with Crippen molar-refractivity contribution in [1.82, 2.24) is 5.32 Å². The van der Waals surface area contributed by atoms with Gasteiger partial charge in [-0.2, -0.15) is 0 Å². The average Bonchev–Trinajstić information content (AvgIpc) is 2.75. The standard InChI is InChI=1S/C22H28NO6P/c1-3-27-21(24)15-16-23-22(25)20(17-18-11-7-5-8-12-18)29-30(26,28-4-2)19-13-9-6-10-14-19/h5-14,20H,3-4,15-17H2,1-2H3,(H,23,25)/t20-,30?/m0/s1. The Kier molecular flexibility index (Phi) is 9.74. The van der Waals surface area contributed by atoms with Crippen molar-refractivity contribution in [2.45, 2.75) is 32.8 Å². The lowest BCUT2D eigenvalue weighted by molar-refractivity contribution is -0.143. The van der Waals surface area contributed by atoms with E-state index in [1.54, 1.807) is 44.2 Å². The van der Waals surface area contributed by atoms with Crippen molar-refractivity contribution in [3.05, 3.63) is 66.2 Å². The maximum absolute atomic E-state index is 13.5. The topological polar surface area (TPSA) is 90.9 Å². The lowest BCUT2D eigenvalue weighted by Crippen LogP contribution is -2.39. The fourth-order valence-corrected chi connectivity index (χ4v) is 4.47. The zero-order valence-corrected chi connectivity index (χ0v) is 18.2. The van der Waals surface area contributed by atoms with Crippen molar-refractivity contribution in [1.29, 1.82) is 0 Å². The lowest BCUT2D eigenvalue weighted by atomic mass is 10.1. The number of esters is 1. The average molecular weight is 433 g/mol. The zero-order chi connectivity index (χ0) is 21.8. The van der Waals surface area contributed by atoms with Crippen molar-refractivity contribution >= 4 is 24.8 Å². The van der Waals surface area contributed by atoms with Crippen LogP contribution in [0.3, 0.4) is 0 Å². The van der Waals surface area contributed by atoms with Gasteiger partial charge in [0.1, 0.15) is 6.10 Å². The molecule has 1 amide bonds. The smallest absolute Gasteiger partial charge is 0.362 e. The maximum atomic E-state index is 13.5. The first-order valence-corrected chi connectivity index (χ1v) is 11.5. The van der Waals surface area contributed by atoms with E-state index in [0.29, 0.717) is 5.30 Å². The molecule has 0 heterocycles. The molecule has 1 N–H and O–H groups in total. The van der Waals surface area contributed by atoms with E-state index >= 15 is 0 Å². The maximum Gasteiger partial charge on any atom is 0.362 e. The number of hydrogen-bond acceptors (Lipinski definition) is 6. The Morgan fingerprint density at radius 2 is 1.60 bits per heavy atom. The van der Waals surface area contributed by atoms with E-state index in [2.05, 4.69) is 5.32 Å². The van der Waals surface area contributed by atoms with E-state index in [0.717, 1.165) is 5.56 Å². The van der Waals surface area contributed by atoms with Crippen LogP contribution in [-0.4, -0.2) is 37.7 Å². The summed E-state index contributed by atoms with van der Waals surface area (Å²) in [6.45, 7) is 3.96. The van der Waals surface area contributed by atoms with Crippen LogP contribution < -0.4 is 10.6 Å². The minimum atomic E-state index is -3.73. The largest absolute Gasteiger partial charge is 0.466 e. The minimum Gasteiger partial charge on any atom is -0.466 e. The number of benzene rings is 2. The Morgan fingerprint density at radius 3 is 2.20 bits per heavy atom. The van der Waals surface area contributed by atoms with Gasteiger partial charge in [0.2, 0.25) is 5.91 Å². The minimum absolute atomic E-state index is 0.0411. The Hall–Kier alpha value is -2.47. The number of carbonyl (C=O) groups is 2. The summed E-state index contributed by atoms with van der Waals surface area (Å²) in [6, 6.07) is 17.8. The molecule has 30 heavy (non-hydrogen) atoms. The van der Waals surface area contributed by atoms with E-state index in [9.17, 15) is 14.2 Å². The van der Waals surface area contributed by atoms with Crippen LogP contribution in [0.4, 0.5) is 0 Å². The molecule has 0 aliphatic rings. The highest BCUT2D eigenvalue weighted by molar-refractivity contribution is 7.62. The molecule has 2 atom stereocenters. The molecule has 0 aliphatic carbocycles. The van der Waals surface area contributed by atoms with E-state index < -0.39 is 25.6 Å². The summed E-state index contributed by atoms with van der Waals surface area (Å²) in [5.74, 6) is -0.874. The third kappa shape index (κ3) is 7.41. The molecular formula is C22H28NO6P. The first-order valence-electron chi connectivity index (χ1n) is 9.94. The molecule has 0 spiro atoms. The van der Waals surface area contributed by atoms with Gasteiger partial charge in [-0.05, 0) is 31.5 Å². The summed E-state index contributed by atoms with van der Waals surface area (Å²) < 4.78 is 29.7. The summed E-state index contributed by atoms with van der Waals surface area (Å²) in [5, 5.41) is 3.05. The number of rotatable bonds is 12. The Bertz CT molecular complexity index is 843. The van der Waals surface area contributed by atoms with Crippen LogP contribution in [0.2, 0.25) is 0 Å². The molecule has 1 unspecified atom stereocenters. The number of amides is 1. The van der Waals surface area contributed by atoms with Crippen molar-refractivity contribution in [3.8, 4) is 0 Å². The van der Waals surface area contributed by atoms with Gasteiger partial charge < -0.3 is 14.6 Å². The molecule has 0 radical (unpaired) electrons. The molecule has 0 bridgehead atoms. The van der Waals surface area contributed by atoms with Crippen LogP contribution in [0.1, 0.15) is 25.8 Å². The third-order valence-electron chi connectivity index (χ3n) is 4.13. The summed E-state index contributed by atoms with van der Waals surface area (Å²) in [7, 11) is -3.73. The second-order valence-electron chi connectivity index (χ2n) is 6.38. The molecule has 8 heteroatoms. The van der Waals surface area contributed by atoms with Gasteiger partial charge in [-0.25, -0.2) is 0 Å². The zero-order valence-electron chi connectivity index (χ0n) is 17.3. The van der Waals surface area contributed by atoms with Crippen LogP contribution in [0, 0.1) is 0 Å². The fraction of sp³-hybridized carbons (Fsp3) is 0.364. The Balaban J connectivity index is 2.18. The highest BCUT2D eigenvalue weighted by atomic mass is 31.2. The van der Waals surface area contributed by atoms with Gasteiger partial charge >= 0.3 is 13.6 Å².